The molecule has 0 radical (unpaired) electrons. The van der Waals surface area contributed by atoms with Gasteiger partial charge in [-0.15, -0.1) is 0 Å². The van der Waals surface area contributed by atoms with E-state index in [1.807, 2.05) is 12.1 Å². The maximum absolute atomic E-state index is 5.74. The second-order valence-corrected chi connectivity index (χ2v) is 7.68. The minimum absolute atomic E-state index is 0.467. The summed E-state index contributed by atoms with van der Waals surface area (Å²) >= 11 is 0. The van der Waals surface area contributed by atoms with Crippen molar-refractivity contribution in [1.29, 1.82) is 0 Å². The van der Waals surface area contributed by atoms with Crippen LogP contribution in [0.3, 0.4) is 0 Å². The molecule has 176 valence electrons. The normalized spacial score (nSPS) is 16.4. The van der Waals surface area contributed by atoms with Crippen LogP contribution in [0.5, 0.6) is 5.88 Å². The molecule has 1 aromatic heterocycles. The number of aromatic nitrogens is 1. The average molecular weight is 436 g/mol. The lowest BCUT2D eigenvalue weighted by atomic mass is 9.92. The molecule has 1 unspecified atom stereocenters. The highest BCUT2D eigenvalue weighted by molar-refractivity contribution is 5.79. The van der Waals surface area contributed by atoms with Crippen molar-refractivity contribution in [3.63, 3.8) is 0 Å². The Morgan fingerprint density at radius 1 is 1.19 bits per heavy atom. The number of guanidine groups is 1. The lowest BCUT2D eigenvalue weighted by Crippen LogP contribution is -2.53. The number of pyridine rings is 1. The van der Waals surface area contributed by atoms with Crippen molar-refractivity contribution in [3.8, 4) is 5.88 Å². The van der Waals surface area contributed by atoms with Gasteiger partial charge >= 0.3 is 0 Å². The zero-order chi connectivity index (χ0) is 22.3. The molecule has 2 N–H and O–H groups in total. The van der Waals surface area contributed by atoms with Crippen LogP contribution in [0.2, 0.25) is 0 Å². The van der Waals surface area contributed by atoms with E-state index in [0.717, 1.165) is 50.9 Å². The Morgan fingerprint density at radius 3 is 2.65 bits per heavy atom. The summed E-state index contributed by atoms with van der Waals surface area (Å²) < 4.78 is 16.4. The van der Waals surface area contributed by atoms with Gasteiger partial charge in [-0.1, -0.05) is 32.8 Å². The van der Waals surface area contributed by atoms with Gasteiger partial charge in [0.15, 0.2) is 5.96 Å². The van der Waals surface area contributed by atoms with E-state index in [0.29, 0.717) is 37.6 Å². The molecule has 31 heavy (non-hydrogen) atoms. The lowest BCUT2D eigenvalue weighted by molar-refractivity contribution is 0.00272. The topological polar surface area (TPSA) is 80.2 Å². The molecule has 2 heterocycles. The highest BCUT2D eigenvalue weighted by Crippen LogP contribution is 2.20. The van der Waals surface area contributed by atoms with E-state index in [2.05, 4.69) is 41.3 Å². The molecule has 0 aliphatic carbocycles. The first-order chi connectivity index (χ1) is 15.2. The number of methoxy groups -OCH3 is 1. The monoisotopic (exact) mass is 435 g/mol. The minimum atomic E-state index is 0.467. The summed E-state index contributed by atoms with van der Waals surface area (Å²) in [4.78, 5) is 11.7. The fraction of sp³-hybridized carbons (Fsp3) is 0.739. The van der Waals surface area contributed by atoms with Crippen LogP contribution in [-0.4, -0.2) is 81.6 Å². The van der Waals surface area contributed by atoms with E-state index in [-0.39, 0.29) is 0 Å². The zero-order valence-electron chi connectivity index (χ0n) is 19.7. The zero-order valence-corrected chi connectivity index (χ0v) is 19.7. The Morgan fingerprint density at radius 2 is 1.97 bits per heavy atom. The number of morpholine rings is 1. The van der Waals surface area contributed by atoms with Crippen LogP contribution >= 0.6 is 0 Å². The van der Waals surface area contributed by atoms with Crippen LogP contribution in [0.15, 0.2) is 23.3 Å². The summed E-state index contributed by atoms with van der Waals surface area (Å²) in [6.45, 7) is 13.5. The highest BCUT2D eigenvalue weighted by Gasteiger charge is 2.27. The van der Waals surface area contributed by atoms with Crippen LogP contribution in [0, 0.1) is 5.92 Å². The molecule has 1 aromatic rings. The Hall–Kier alpha value is -1.90. The van der Waals surface area contributed by atoms with E-state index in [9.17, 15) is 0 Å². The quantitative estimate of drug-likeness (QED) is 0.280. The van der Waals surface area contributed by atoms with Gasteiger partial charge in [0.05, 0.1) is 26.4 Å². The molecular formula is C23H41N5O3. The molecule has 1 atom stereocenters. The first-order valence-corrected chi connectivity index (χ1v) is 11.6. The molecule has 0 bridgehead atoms. The van der Waals surface area contributed by atoms with Crippen molar-refractivity contribution >= 4 is 5.96 Å². The van der Waals surface area contributed by atoms with Gasteiger partial charge in [0.1, 0.15) is 6.61 Å². The Labute approximate surface area is 187 Å². The largest absolute Gasteiger partial charge is 0.475 e. The van der Waals surface area contributed by atoms with Crippen LogP contribution in [-0.2, 0) is 16.0 Å². The van der Waals surface area contributed by atoms with Crippen LogP contribution < -0.4 is 15.4 Å². The summed E-state index contributed by atoms with van der Waals surface area (Å²) in [7, 11) is 1.66. The number of nitrogens with one attached hydrogen (secondary N) is 2. The molecule has 8 heteroatoms. The fourth-order valence-electron chi connectivity index (χ4n) is 3.94. The van der Waals surface area contributed by atoms with Gasteiger partial charge in [-0.05, 0) is 18.9 Å². The highest BCUT2D eigenvalue weighted by atomic mass is 16.5. The van der Waals surface area contributed by atoms with Gasteiger partial charge in [-0.3, -0.25) is 4.90 Å². The van der Waals surface area contributed by atoms with Crippen LogP contribution in [0.25, 0.3) is 0 Å². The predicted molar refractivity (Wildman–Crippen MR) is 125 cm³/mol. The second kappa shape index (κ2) is 15.0. The molecule has 0 spiro atoms. The summed E-state index contributed by atoms with van der Waals surface area (Å²) in [5, 5.41) is 6.96. The van der Waals surface area contributed by atoms with Gasteiger partial charge < -0.3 is 24.8 Å². The smallest absolute Gasteiger partial charge is 0.218 e. The number of aliphatic imine (C=N–C) groups is 1. The molecule has 1 fully saturated rings. The van der Waals surface area contributed by atoms with Crippen molar-refractivity contribution < 1.29 is 14.2 Å². The van der Waals surface area contributed by atoms with Crippen molar-refractivity contribution in [2.24, 2.45) is 10.9 Å². The third-order valence-corrected chi connectivity index (χ3v) is 5.71. The Kier molecular flexibility index (Phi) is 12.3. The first-order valence-electron chi connectivity index (χ1n) is 11.6. The molecule has 0 aromatic carbocycles. The van der Waals surface area contributed by atoms with E-state index < -0.39 is 0 Å². The summed E-state index contributed by atoms with van der Waals surface area (Å²) in [6, 6.07) is 4.38. The SMILES string of the molecule is CCNC(=NCc1cccnc1OCCOC)NCC(C(CC)CC)N1CCOCC1. The van der Waals surface area contributed by atoms with E-state index in [1.54, 1.807) is 13.3 Å². The van der Waals surface area contributed by atoms with Gasteiger partial charge in [-0.25, -0.2) is 9.98 Å². The maximum atomic E-state index is 5.74. The summed E-state index contributed by atoms with van der Waals surface area (Å²) in [5.74, 6) is 2.08. The summed E-state index contributed by atoms with van der Waals surface area (Å²) in [6.07, 6.45) is 4.08. The molecule has 1 saturated heterocycles. The van der Waals surface area contributed by atoms with Gasteiger partial charge in [0, 0.05) is 51.1 Å². The Bertz CT molecular complexity index is 633. The van der Waals surface area contributed by atoms with Gasteiger partial charge in [0.25, 0.3) is 0 Å². The van der Waals surface area contributed by atoms with Crippen LogP contribution in [0.1, 0.15) is 39.2 Å². The number of hydrogen-bond acceptors (Lipinski definition) is 6. The standard InChI is InChI=1S/C23H41N5O3/c1-5-19(6-2)21(28-11-13-30-14-12-28)18-27-23(24-7-3)26-17-20-9-8-10-25-22(20)31-16-15-29-4/h8-10,19,21H,5-7,11-18H2,1-4H3,(H2,24,26,27). The van der Waals surface area contributed by atoms with E-state index in [1.165, 1.54) is 12.8 Å². The van der Waals surface area contributed by atoms with Crippen molar-refractivity contribution in [3.05, 3.63) is 23.9 Å². The van der Waals surface area contributed by atoms with E-state index >= 15 is 0 Å². The third-order valence-electron chi connectivity index (χ3n) is 5.71. The number of ether oxygens (including phenoxy) is 3. The molecule has 1 aliphatic rings. The molecule has 0 amide bonds. The Balaban J connectivity index is 2.04. The fourth-order valence-corrected chi connectivity index (χ4v) is 3.94. The first kappa shape index (κ1) is 25.4. The number of rotatable bonds is 13. The molecule has 2 rings (SSSR count). The number of nitrogens with zero attached hydrogens (tertiary/aromatic N) is 3. The lowest BCUT2D eigenvalue weighted by Gasteiger charge is -2.39. The predicted octanol–water partition coefficient (Wildman–Crippen LogP) is 2.30. The van der Waals surface area contributed by atoms with E-state index in [4.69, 9.17) is 19.2 Å². The van der Waals surface area contributed by atoms with Gasteiger partial charge in [0.2, 0.25) is 5.88 Å². The summed E-state index contributed by atoms with van der Waals surface area (Å²) in [5.41, 5.74) is 0.959. The molecule has 8 nitrogen and oxygen atoms in total. The van der Waals surface area contributed by atoms with Crippen molar-refractivity contribution in [2.75, 3.05) is 59.7 Å². The van der Waals surface area contributed by atoms with Crippen LogP contribution in [0.4, 0.5) is 0 Å². The molecular weight excluding hydrogens is 394 g/mol. The number of hydrogen-bond donors (Lipinski definition) is 2. The van der Waals surface area contributed by atoms with Crippen molar-refractivity contribution in [2.45, 2.75) is 46.2 Å². The second-order valence-electron chi connectivity index (χ2n) is 7.68. The molecule has 0 saturated carbocycles. The average Bonchev–Trinajstić information content (AvgIpc) is 2.81. The minimum Gasteiger partial charge on any atom is -0.475 e. The van der Waals surface area contributed by atoms with Gasteiger partial charge in [-0.2, -0.15) is 0 Å². The maximum Gasteiger partial charge on any atom is 0.218 e. The third kappa shape index (κ3) is 8.63. The van der Waals surface area contributed by atoms with Crippen molar-refractivity contribution in [1.82, 2.24) is 20.5 Å². The molecule has 1 aliphatic heterocycles.